The predicted octanol–water partition coefficient (Wildman–Crippen LogP) is 8.01. The van der Waals surface area contributed by atoms with Crippen LogP contribution in [0.2, 0.25) is 0 Å². The van der Waals surface area contributed by atoms with Crippen LogP contribution in [0.3, 0.4) is 0 Å². The highest BCUT2D eigenvalue weighted by molar-refractivity contribution is 5.85. The van der Waals surface area contributed by atoms with Crippen LogP contribution in [-0.2, 0) is 0 Å². The highest BCUT2D eigenvalue weighted by Crippen LogP contribution is 2.14. The molecule has 0 heterocycles. The van der Waals surface area contributed by atoms with Crippen molar-refractivity contribution in [3.63, 3.8) is 0 Å². The first kappa shape index (κ1) is 26.5. The van der Waals surface area contributed by atoms with E-state index in [1.165, 1.54) is 96.4 Å². The third kappa shape index (κ3) is 17.1. The lowest BCUT2D eigenvalue weighted by molar-refractivity contribution is 0.171. The zero-order valence-electron chi connectivity index (χ0n) is 17.6. The van der Waals surface area contributed by atoms with Crippen LogP contribution in [0.25, 0.3) is 0 Å². The Morgan fingerprint density at radius 3 is 1.08 bits per heavy atom. The molecule has 1 nitrogen and oxygen atoms in total. The van der Waals surface area contributed by atoms with Crippen molar-refractivity contribution < 1.29 is 0 Å². The molecule has 148 valence electrons. The van der Waals surface area contributed by atoms with Gasteiger partial charge < -0.3 is 0 Å². The fourth-order valence-electron chi connectivity index (χ4n) is 3.60. The van der Waals surface area contributed by atoms with Gasteiger partial charge in [-0.05, 0) is 40.7 Å². The van der Waals surface area contributed by atoms with Gasteiger partial charge in [0.2, 0.25) is 0 Å². The van der Waals surface area contributed by atoms with Gasteiger partial charge in [0, 0.05) is 12.1 Å². The topological polar surface area (TPSA) is 3.24 Å². The molecule has 0 rings (SSSR count). The first-order valence-corrected chi connectivity index (χ1v) is 10.8. The first-order chi connectivity index (χ1) is 11.1. The molecule has 0 aromatic heterocycles. The quantitative estimate of drug-likeness (QED) is 0.237. The van der Waals surface area contributed by atoms with Gasteiger partial charge >= 0.3 is 0 Å². The van der Waals surface area contributed by atoms with Crippen molar-refractivity contribution in [1.82, 2.24) is 4.90 Å². The van der Waals surface area contributed by atoms with Gasteiger partial charge in [-0.2, -0.15) is 0 Å². The monoisotopic (exact) mass is 361 g/mol. The minimum absolute atomic E-state index is 0. The maximum absolute atomic E-state index is 2.63. The molecule has 0 aliphatic rings. The zero-order chi connectivity index (χ0) is 17.3. The Kier molecular flexibility index (Phi) is 21.6. The summed E-state index contributed by atoms with van der Waals surface area (Å²) in [6, 6.07) is 1.38. The minimum atomic E-state index is 0. The average Bonchev–Trinajstić information content (AvgIpc) is 2.50. The minimum Gasteiger partial charge on any atom is -0.299 e. The van der Waals surface area contributed by atoms with Crippen molar-refractivity contribution >= 4 is 12.4 Å². The van der Waals surface area contributed by atoms with Gasteiger partial charge in [-0.3, -0.25) is 4.90 Å². The van der Waals surface area contributed by atoms with Crippen LogP contribution in [0.5, 0.6) is 0 Å². The summed E-state index contributed by atoms with van der Waals surface area (Å²) in [5, 5.41) is 0. The lowest BCUT2D eigenvalue weighted by Crippen LogP contribution is -2.37. The molecule has 0 radical (unpaired) electrons. The predicted molar refractivity (Wildman–Crippen MR) is 115 cm³/mol. The number of halogens is 1. The second-order valence-electron chi connectivity index (χ2n) is 8.02. The van der Waals surface area contributed by atoms with Gasteiger partial charge in [0.05, 0.1) is 0 Å². The normalized spacial score (nSPS) is 11.5. The van der Waals surface area contributed by atoms with E-state index in [9.17, 15) is 0 Å². The fraction of sp³-hybridized carbons (Fsp3) is 1.00. The molecule has 0 aromatic carbocycles. The van der Waals surface area contributed by atoms with Gasteiger partial charge in [0.15, 0.2) is 0 Å². The van der Waals surface area contributed by atoms with E-state index in [1.54, 1.807) is 0 Å². The van der Waals surface area contributed by atoms with Crippen LogP contribution in [-0.4, -0.2) is 23.5 Å². The molecule has 0 unspecified atom stereocenters. The van der Waals surface area contributed by atoms with Crippen LogP contribution in [0.1, 0.15) is 125 Å². The Morgan fingerprint density at radius 1 is 0.500 bits per heavy atom. The molecule has 0 fully saturated rings. The summed E-state index contributed by atoms with van der Waals surface area (Å²) in [4.78, 5) is 2.63. The Balaban J connectivity index is 0. The molecule has 0 saturated heterocycles. The summed E-state index contributed by atoms with van der Waals surface area (Å²) in [7, 11) is 0. The van der Waals surface area contributed by atoms with E-state index >= 15 is 0 Å². The summed E-state index contributed by atoms with van der Waals surface area (Å²) in [5.41, 5.74) is 0. The van der Waals surface area contributed by atoms with E-state index in [0.717, 1.165) is 0 Å². The van der Waals surface area contributed by atoms with E-state index in [-0.39, 0.29) is 12.4 Å². The van der Waals surface area contributed by atoms with Crippen LogP contribution in [0, 0.1) is 0 Å². The summed E-state index contributed by atoms with van der Waals surface area (Å²) in [5.74, 6) is 0. The number of hydrogen-bond donors (Lipinski definition) is 0. The largest absolute Gasteiger partial charge is 0.299 e. The standard InChI is InChI=1S/C22H47N.ClH/c1-6-7-8-9-10-11-12-13-14-15-16-17-18-19-20-23(21(2)3)22(4)5;/h21-22H,6-20H2,1-5H3;1H. The highest BCUT2D eigenvalue weighted by atomic mass is 35.5. The second-order valence-corrected chi connectivity index (χ2v) is 8.02. The molecule has 0 atom stereocenters. The van der Waals surface area contributed by atoms with E-state index in [2.05, 4.69) is 39.5 Å². The Labute approximate surface area is 160 Å². The Morgan fingerprint density at radius 2 is 0.792 bits per heavy atom. The SMILES string of the molecule is CCCCCCCCCCCCCCCCN(C(C)C)C(C)C.Cl. The van der Waals surface area contributed by atoms with Gasteiger partial charge in [0.1, 0.15) is 0 Å². The molecule has 0 aliphatic heterocycles. The van der Waals surface area contributed by atoms with Crippen molar-refractivity contribution in [3.8, 4) is 0 Å². The zero-order valence-corrected chi connectivity index (χ0v) is 18.4. The van der Waals surface area contributed by atoms with Gasteiger partial charge in [0.25, 0.3) is 0 Å². The molecule has 0 saturated carbocycles. The van der Waals surface area contributed by atoms with Crippen molar-refractivity contribution in [2.24, 2.45) is 0 Å². The molecule has 0 bridgehead atoms. The van der Waals surface area contributed by atoms with E-state index in [1.807, 2.05) is 0 Å². The van der Waals surface area contributed by atoms with Crippen molar-refractivity contribution in [2.45, 2.75) is 137 Å². The van der Waals surface area contributed by atoms with E-state index in [4.69, 9.17) is 0 Å². The lowest BCUT2D eigenvalue weighted by Gasteiger charge is -2.30. The summed E-state index contributed by atoms with van der Waals surface area (Å²) < 4.78 is 0. The highest BCUT2D eigenvalue weighted by Gasteiger charge is 2.11. The Bertz CT molecular complexity index is 220. The summed E-state index contributed by atoms with van der Waals surface area (Å²) in [6.45, 7) is 12.9. The van der Waals surface area contributed by atoms with Crippen LogP contribution < -0.4 is 0 Å². The summed E-state index contributed by atoms with van der Waals surface area (Å²) >= 11 is 0. The number of hydrogen-bond acceptors (Lipinski definition) is 1. The fourth-order valence-corrected chi connectivity index (χ4v) is 3.60. The van der Waals surface area contributed by atoms with Crippen molar-refractivity contribution in [1.29, 1.82) is 0 Å². The third-order valence-electron chi connectivity index (χ3n) is 5.10. The summed E-state index contributed by atoms with van der Waals surface area (Å²) in [6.07, 6.45) is 20.3. The molecule has 2 heteroatoms. The number of unbranched alkanes of at least 4 members (excludes halogenated alkanes) is 13. The number of nitrogens with zero attached hydrogens (tertiary/aromatic N) is 1. The molecular formula is C22H48ClN. The molecule has 0 aromatic rings. The molecular weight excluding hydrogens is 314 g/mol. The lowest BCUT2D eigenvalue weighted by atomic mass is 10.0. The van der Waals surface area contributed by atoms with Gasteiger partial charge in [-0.25, -0.2) is 0 Å². The smallest absolute Gasteiger partial charge is 0.00412 e. The number of rotatable bonds is 17. The molecule has 0 aliphatic carbocycles. The van der Waals surface area contributed by atoms with Gasteiger partial charge in [-0.15, -0.1) is 12.4 Å². The van der Waals surface area contributed by atoms with E-state index in [0.29, 0.717) is 12.1 Å². The van der Waals surface area contributed by atoms with Crippen LogP contribution in [0.4, 0.5) is 0 Å². The maximum atomic E-state index is 2.63. The van der Waals surface area contributed by atoms with Gasteiger partial charge in [-0.1, -0.05) is 90.4 Å². The third-order valence-corrected chi connectivity index (χ3v) is 5.10. The van der Waals surface area contributed by atoms with Crippen molar-refractivity contribution in [3.05, 3.63) is 0 Å². The van der Waals surface area contributed by atoms with E-state index < -0.39 is 0 Å². The molecule has 0 spiro atoms. The van der Waals surface area contributed by atoms with Crippen LogP contribution in [0.15, 0.2) is 0 Å². The molecule has 24 heavy (non-hydrogen) atoms. The first-order valence-electron chi connectivity index (χ1n) is 10.8. The maximum Gasteiger partial charge on any atom is 0.00412 e. The average molecular weight is 362 g/mol. The van der Waals surface area contributed by atoms with Crippen molar-refractivity contribution in [2.75, 3.05) is 6.54 Å². The second kappa shape index (κ2) is 19.6. The van der Waals surface area contributed by atoms with Crippen LogP contribution >= 0.6 is 12.4 Å². The molecule has 0 amide bonds. The molecule has 0 N–H and O–H groups in total. The Hall–Kier alpha value is 0.250.